The molecule has 0 radical (unpaired) electrons. The van der Waals surface area contributed by atoms with E-state index in [0.717, 1.165) is 12.8 Å². The maximum atomic E-state index is 12.7. The van der Waals surface area contributed by atoms with Gasteiger partial charge in [0.25, 0.3) is 5.91 Å². The van der Waals surface area contributed by atoms with Crippen LogP contribution in [0.3, 0.4) is 0 Å². The van der Waals surface area contributed by atoms with Gasteiger partial charge in [-0.3, -0.25) is 4.79 Å². The summed E-state index contributed by atoms with van der Waals surface area (Å²) in [6.45, 7) is 2.42. The van der Waals surface area contributed by atoms with E-state index >= 15 is 0 Å². The minimum atomic E-state index is -3.63. The number of nitrogens with zero attached hydrogens (tertiary/aromatic N) is 1. The lowest BCUT2D eigenvalue weighted by Crippen LogP contribution is -2.30. The maximum absolute atomic E-state index is 12.7. The van der Waals surface area contributed by atoms with Crippen molar-refractivity contribution in [2.45, 2.75) is 30.8 Å². The summed E-state index contributed by atoms with van der Waals surface area (Å²) >= 11 is 0. The molecule has 1 aliphatic rings. The fourth-order valence-corrected chi connectivity index (χ4v) is 4.47. The first-order valence-corrected chi connectivity index (χ1v) is 10.5. The van der Waals surface area contributed by atoms with Gasteiger partial charge in [-0.05, 0) is 50.1 Å². The van der Waals surface area contributed by atoms with Crippen LogP contribution in [0, 0.1) is 0 Å². The summed E-state index contributed by atoms with van der Waals surface area (Å²) in [5.41, 5.74) is 0.675. The monoisotopic (exact) mass is 402 g/mol. The fraction of sp³-hybridized carbons (Fsp3) is 0.300. The van der Waals surface area contributed by atoms with Crippen molar-refractivity contribution in [3.8, 4) is 0 Å². The molecule has 0 saturated carbocycles. The van der Waals surface area contributed by atoms with Crippen LogP contribution in [-0.2, 0) is 19.6 Å². The van der Waals surface area contributed by atoms with Gasteiger partial charge in [-0.2, -0.15) is 4.31 Å². The summed E-state index contributed by atoms with van der Waals surface area (Å²) in [4.78, 5) is 24.6. The molecule has 0 spiro atoms. The number of hydrogen-bond donors (Lipinski definition) is 1. The number of amides is 1. The van der Waals surface area contributed by atoms with Crippen molar-refractivity contribution in [2.24, 2.45) is 0 Å². The van der Waals surface area contributed by atoms with Crippen LogP contribution in [0.4, 0.5) is 5.69 Å². The third-order valence-corrected chi connectivity index (χ3v) is 6.36. The number of hydrogen-bond acceptors (Lipinski definition) is 5. The van der Waals surface area contributed by atoms with Crippen molar-refractivity contribution in [1.82, 2.24) is 4.31 Å². The van der Waals surface area contributed by atoms with E-state index in [1.54, 1.807) is 24.3 Å². The molecule has 1 N–H and O–H groups in total. The SMILES string of the molecule is CC(OC(=O)c1cccc(S(=O)(=O)N2CCCC2)c1)C(=O)Nc1ccccc1. The largest absolute Gasteiger partial charge is 0.449 e. The Hall–Kier alpha value is -2.71. The normalized spacial score (nSPS) is 15.8. The molecule has 1 saturated heterocycles. The Morgan fingerprint density at radius 3 is 2.39 bits per heavy atom. The van der Waals surface area contributed by atoms with Gasteiger partial charge in [0.05, 0.1) is 10.5 Å². The topological polar surface area (TPSA) is 92.8 Å². The van der Waals surface area contributed by atoms with Crippen LogP contribution in [0.2, 0.25) is 0 Å². The van der Waals surface area contributed by atoms with Gasteiger partial charge in [-0.25, -0.2) is 13.2 Å². The predicted octanol–water partition coefficient (Wildman–Crippen LogP) is 2.66. The minimum absolute atomic E-state index is 0.0465. The van der Waals surface area contributed by atoms with Crippen molar-refractivity contribution >= 4 is 27.6 Å². The van der Waals surface area contributed by atoms with E-state index in [2.05, 4.69) is 5.32 Å². The molecule has 7 nitrogen and oxygen atoms in total. The number of rotatable bonds is 6. The number of para-hydroxylation sites is 1. The lowest BCUT2D eigenvalue weighted by molar-refractivity contribution is -0.123. The molecular formula is C20H22N2O5S. The lowest BCUT2D eigenvalue weighted by Gasteiger charge is -2.16. The van der Waals surface area contributed by atoms with E-state index in [1.807, 2.05) is 6.07 Å². The molecule has 1 fully saturated rings. The van der Waals surface area contributed by atoms with E-state index in [-0.39, 0.29) is 10.5 Å². The molecule has 1 amide bonds. The molecule has 2 aromatic rings. The summed E-state index contributed by atoms with van der Waals surface area (Å²) < 4.78 is 31.9. The van der Waals surface area contributed by atoms with E-state index in [9.17, 15) is 18.0 Å². The first-order valence-electron chi connectivity index (χ1n) is 9.05. The van der Waals surface area contributed by atoms with Gasteiger partial charge in [0.1, 0.15) is 0 Å². The summed E-state index contributed by atoms with van der Waals surface area (Å²) in [5.74, 6) is -1.23. The van der Waals surface area contributed by atoms with Gasteiger partial charge in [0.2, 0.25) is 10.0 Å². The second-order valence-electron chi connectivity index (χ2n) is 6.54. The number of ether oxygens (including phenoxy) is 1. The molecular weight excluding hydrogens is 380 g/mol. The Morgan fingerprint density at radius 2 is 1.71 bits per heavy atom. The molecule has 3 rings (SSSR count). The van der Waals surface area contributed by atoms with Gasteiger partial charge >= 0.3 is 5.97 Å². The van der Waals surface area contributed by atoms with Crippen LogP contribution >= 0.6 is 0 Å². The smallest absolute Gasteiger partial charge is 0.338 e. The molecule has 0 aliphatic carbocycles. The highest BCUT2D eigenvalue weighted by atomic mass is 32.2. The predicted molar refractivity (Wildman–Crippen MR) is 104 cm³/mol. The van der Waals surface area contributed by atoms with Crippen LogP contribution in [-0.4, -0.2) is 43.8 Å². The zero-order chi connectivity index (χ0) is 20.1. The Labute approximate surface area is 164 Å². The zero-order valence-corrected chi connectivity index (χ0v) is 16.3. The number of benzene rings is 2. The van der Waals surface area contributed by atoms with E-state index in [4.69, 9.17) is 4.74 Å². The van der Waals surface area contributed by atoms with Crippen LogP contribution < -0.4 is 5.32 Å². The van der Waals surface area contributed by atoms with Crippen molar-refractivity contribution in [3.05, 3.63) is 60.2 Å². The van der Waals surface area contributed by atoms with Gasteiger partial charge in [0.15, 0.2) is 6.10 Å². The number of nitrogens with one attached hydrogen (secondary N) is 1. The average molecular weight is 402 g/mol. The Morgan fingerprint density at radius 1 is 1.04 bits per heavy atom. The minimum Gasteiger partial charge on any atom is -0.449 e. The van der Waals surface area contributed by atoms with Crippen molar-refractivity contribution in [1.29, 1.82) is 0 Å². The molecule has 1 unspecified atom stereocenters. The number of carbonyl (C=O) groups excluding carboxylic acids is 2. The van der Waals surface area contributed by atoms with E-state index in [0.29, 0.717) is 18.8 Å². The summed E-state index contributed by atoms with van der Waals surface area (Å²) in [6, 6.07) is 14.5. The fourth-order valence-electron chi connectivity index (χ4n) is 2.91. The third-order valence-electron chi connectivity index (χ3n) is 4.47. The van der Waals surface area contributed by atoms with Gasteiger partial charge in [0, 0.05) is 18.8 Å². The number of carbonyl (C=O) groups is 2. The molecule has 1 atom stereocenters. The van der Waals surface area contributed by atoms with Gasteiger partial charge in [-0.1, -0.05) is 24.3 Å². The van der Waals surface area contributed by atoms with Crippen LogP contribution in [0.1, 0.15) is 30.1 Å². The van der Waals surface area contributed by atoms with Crippen LogP contribution in [0.25, 0.3) is 0 Å². The second-order valence-corrected chi connectivity index (χ2v) is 8.48. The van der Waals surface area contributed by atoms with Crippen molar-refractivity contribution in [3.63, 3.8) is 0 Å². The lowest BCUT2D eigenvalue weighted by atomic mass is 10.2. The molecule has 28 heavy (non-hydrogen) atoms. The highest BCUT2D eigenvalue weighted by Crippen LogP contribution is 2.22. The third kappa shape index (κ3) is 4.58. The molecule has 8 heteroatoms. The maximum Gasteiger partial charge on any atom is 0.338 e. The number of esters is 1. The van der Waals surface area contributed by atoms with Crippen LogP contribution in [0.15, 0.2) is 59.5 Å². The summed E-state index contributed by atoms with van der Waals surface area (Å²) in [6.07, 6.45) is 0.621. The Kier molecular flexibility index (Phi) is 6.11. The van der Waals surface area contributed by atoms with Gasteiger partial charge < -0.3 is 10.1 Å². The van der Waals surface area contributed by atoms with Crippen molar-refractivity contribution < 1.29 is 22.7 Å². The number of sulfonamides is 1. The number of anilines is 1. The molecule has 2 aromatic carbocycles. The molecule has 148 valence electrons. The second kappa shape index (κ2) is 8.53. The highest BCUT2D eigenvalue weighted by molar-refractivity contribution is 7.89. The Bertz CT molecular complexity index is 954. The zero-order valence-electron chi connectivity index (χ0n) is 15.5. The first-order chi connectivity index (χ1) is 13.4. The molecule has 0 bridgehead atoms. The van der Waals surface area contributed by atoms with E-state index < -0.39 is 28.0 Å². The molecule has 1 aliphatic heterocycles. The highest BCUT2D eigenvalue weighted by Gasteiger charge is 2.28. The summed E-state index contributed by atoms with van der Waals surface area (Å²) in [7, 11) is -3.63. The quantitative estimate of drug-likeness (QED) is 0.750. The average Bonchev–Trinajstić information content (AvgIpc) is 3.24. The standard InChI is InChI=1S/C20H22N2O5S/c1-15(19(23)21-17-9-3-2-4-10-17)27-20(24)16-8-7-11-18(14-16)28(25,26)22-12-5-6-13-22/h2-4,7-11,14-15H,5-6,12-13H2,1H3,(H,21,23). The summed E-state index contributed by atoms with van der Waals surface area (Å²) in [5, 5.41) is 2.65. The van der Waals surface area contributed by atoms with E-state index in [1.165, 1.54) is 35.5 Å². The molecule has 1 heterocycles. The first kappa shape index (κ1) is 20.0. The van der Waals surface area contributed by atoms with Crippen molar-refractivity contribution in [2.75, 3.05) is 18.4 Å². The molecule has 0 aromatic heterocycles. The van der Waals surface area contributed by atoms with Crippen LogP contribution in [0.5, 0.6) is 0 Å². The Balaban J connectivity index is 1.68. The van der Waals surface area contributed by atoms with Gasteiger partial charge in [-0.15, -0.1) is 0 Å².